The Bertz CT molecular complexity index is 357. The predicted molar refractivity (Wildman–Crippen MR) is 37.7 cm³/mol. The van der Waals surface area contributed by atoms with Crippen LogP contribution in [0.15, 0.2) is 18.6 Å². The minimum atomic E-state index is 0.669. The van der Waals surface area contributed by atoms with Gasteiger partial charge in [0.1, 0.15) is 6.33 Å². The summed E-state index contributed by atoms with van der Waals surface area (Å²) in [5.74, 6) is 5.47. The Hall–Kier alpha value is -1.65. The SMILES string of the molecule is Nc1cc2n(N)cnn2c1. The van der Waals surface area contributed by atoms with E-state index in [2.05, 4.69) is 5.10 Å². The molecular formula is C5H7N5. The first-order valence-corrected chi connectivity index (χ1v) is 2.83. The minimum Gasteiger partial charge on any atom is -0.397 e. The molecular weight excluding hydrogens is 130 g/mol. The Kier molecular flexibility index (Phi) is 0.743. The van der Waals surface area contributed by atoms with Gasteiger partial charge in [-0.2, -0.15) is 5.10 Å². The molecule has 2 aromatic heterocycles. The summed E-state index contributed by atoms with van der Waals surface area (Å²) in [6.45, 7) is 0. The molecule has 4 N–H and O–H groups in total. The third-order valence-electron chi connectivity index (χ3n) is 1.37. The molecule has 0 aliphatic heterocycles. The van der Waals surface area contributed by atoms with Gasteiger partial charge in [-0.15, -0.1) is 0 Å². The molecule has 0 fully saturated rings. The predicted octanol–water partition coefficient (Wildman–Crippen LogP) is -0.568. The van der Waals surface area contributed by atoms with E-state index in [1.807, 2.05) is 0 Å². The number of anilines is 1. The lowest BCUT2D eigenvalue weighted by Crippen LogP contribution is -2.04. The lowest BCUT2D eigenvalue weighted by atomic mass is 10.5. The van der Waals surface area contributed by atoms with Crippen molar-refractivity contribution < 1.29 is 0 Å². The van der Waals surface area contributed by atoms with E-state index >= 15 is 0 Å². The molecule has 0 saturated carbocycles. The summed E-state index contributed by atoms with van der Waals surface area (Å²) in [4.78, 5) is 0. The normalized spacial score (nSPS) is 10.8. The molecule has 2 rings (SSSR count). The number of nitrogen functional groups attached to an aromatic ring is 2. The van der Waals surface area contributed by atoms with Crippen LogP contribution in [0, 0.1) is 0 Å². The molecule has 52 valence electrons. The first-order valence-electron chi connectivity index (χ1n) is 2.83. The van der Waals surface area contributed by atoms with Gasteiger partial charge in [-0.25, -0.2) is 9.19 Å². The molecule has 2 heterocycles. The third-order valence-corrected chi connectivity index (χ3v) is 1.37. The molecule has 0 aromatic carbocycles. The summed E-state index contributed by atoms with van der Waals surface area (Å²) in [6.07, 6.45) is 3.23. The van der Waals surface area contributed by atoms with Crippen LogP contribution in [-0.4, -0.2) is 14.3 Å². The number of hydrogen-bond donors (Lipinski definition) is 2. The van der Waals surface area contributed by atoms with E-state index in [9.17, 15) is 0 Å². The molecule has 0 bridgehead atoms. The van der Waals surface area contributed by atoms with Crippen molar-refractivity contribution in [3.8, 4) is 0 Å². The van der Waals surface area contributed by atoms with Crippen molar-refractivity contribution in [3.63, 3.8) is 0 Å². The van der Waals surface area contributed by atoms with Crippen molar-refractivity contribution in [2.45, 2.75) is 0 Å². The standard InChI is InChI=1S/C5H7N5/c6-4-1-5-9(7)3-8-10(5)2-4/h1-3H,6-7H2. The van der Waals surface area contributed by atoms with Gasteiger partial charge in [-0.3, -0.25) is 0 Å². The monoisotopic (exact) mass is 137 g/mol. The van der Waals surface area contributed by atoms with Gasteiger partial charge in [0.25, 0.3) is 0 Å². The summed E-state index contributed by atoms with van der Waals surface area (Å²) in [5.41, 5.74) is 6.93. The molecule has 5 nitrogen and oxygen atoms in total. The molecule has 5 heteroatoms. The van der Waals surface area contributed by atoms with Crippen LogP contribution in [0.3, 0.4) is 0 Å². The zero-order chi connectivity index (χ0) is 7.14. The third kappa shape index (κ3) is 0.485. The Balaban J connectivity index is 2.90. The maximum atomic E-state index is 5.47. The van der Waals surface area contributed by atoms with Gasteiger partial charge in [0.2, 0.25) is 0 Å². The molecule has 0 atom stereocenters. The number of nitrogens with two attached hydrogens (primary N) is 2. The van der Waals surface area contributed by atoms with Crippen LogP contribution in [0.4, 0.5) is 5.69 Å². The maximum absolute atomic E-state index is 5.47. The zero-order valence-corrected chi connectivity index (χ0v) is 5.23. The second kappa shape index (κ2) is 1.44. The zero-order valence-electron chi connectivity index (χ0n) is 5.23. The lowest BCUT2D eigenvalue weighted by molar-refractivity contribution is 0.973. The molecule has 0 saturated heterocycles. The molecule has 0 unspecified atom stereocenters. The molecule has 0 aliphatic carbocycles. The van der Waals surface area contributed by atoms with Crippen molar-refractivity contribution in [3.05, 3.63) is 18.6 Å². The Morgan fingerprint density at radius 3 is 3.00 bits per heavy atom. The largest absolute Gasteiger partial charge is 0.397 e. The quantitative estimate of drug-likeness (QED) is 0.477. The molecule has 10 heavy (non-hydrogen) atoms. The molecule has 0 aliphatic rings. The van der Waals surface area contributed by atoms with Crippen LogP contribution < -0.4 is 11.6 Å². The van der Waals surface area contributed by atoms with Crippen molar-refractivity contribution in [2.24, 2.45) is 0 Å². The second-order valence-corrected chi connectivity index (χ2v) is 2.11. The lowest BCUT2D eigenvalue weighted by Gasteiger charge is -1.85. The van der Waals surface area contributed by atoms with Crippen LogP contribution in [0.1, 0.15) is 0 Å². The van der Waals surface area contributed by atoms with Gasteiger partial charge >= 0.3 is 0 Å². The van der Waals surface area contributed by atoms with Gasteiger partial charge in [-0.1, -0.05) is 0 Å². The number of fused-ring (bicyclic) bond motifs is 1. The smallest absolute Gasteiger partial charge is 0.156 e. The first kappa shape index (κ1) is 5.16. The van der Waals surface area contributed by atoms with Gasteiger partial charge in [0.05, 0.1) is 11.9 Å². The Labute approximate surface area is 56.8 Å². The molecule has 0 radical (unpaired) electrons. The molecule has 0 amide bonds. The van der Waals surface area contributed by atoms with Crippen LogP contribution >= 0.6 is 0 Å². The van der Waals surface area contributed by atoms with E-state index in [0.717, 1.165) is 5.65 Å². The van der Waals surface area contributed by atoms with Gasteiger partial charge in [0, 0.05) is 6.07 Å². The van der Waals surface area contributed by atoms with E-state index < -0.39 is 0 Å². The van der Waals surface area contributed by atoms with Crippen LogP contribution in [0.5, 0.6) is 0 Å². The van der Waals surface area contributed by atoms with E-state index in [-0.39, 0.29) is 0 Å². The van der Waals surface area contributed by atoms with E-state index in [1.54, 1.807) is 16.8 Å². The highest BCUT2D eigenvalue weighted by atomic mass is 15.4. The fourth-order valence-electron chi connectivity index (χ4n) is 0.916. The minimum absolute atomic E-state index is 0.669. The highest BCUT2D eigenvalue weighted by Gasteiger charge is 1.99. The summed E-state index contributed by atoms with van der Waals surface area (Å²) in [5, 5.41) is 3.91. The van der Waals surface area contributed by atoms with Crippen LogP contribution in [0.25, 0.3) is 5.65 Å². The summed E-state index contributed by atoms with van der Waals surface area (Å²) in [6, 6.07) is 1.76. The summed E-state index contributed by atoms with van der Waals surface area (Å²) >= 11 is 0. The van der Waals surface area contributed by atoms with E-state index in [4.69, 9.17) is 11.6 Å². The molecule has 0 spiro atoms. The van der Waals surface area contributed by atoms with Crippen molar-refractivity contribution in [2.75, 3.05) is 11.6 Å². The van der Waals surface area contributed by atoms with Gasteiger partial charge < -0.3 is 11.6 Å². The number of aromatic nitrogens is 3. The van der Waals surface area contributed by atoms with Gasteiger partial charge in [-0.05, 0) is 0 Å². The average Bonchev–Trinajstić information content (AvgIpc) is 2.35. The molecule has 2 aromatic rings. The van der Waals surface area contributed by atoms with Crippen molar-refractivity contribution in [1.29, 1.82) is 0 Å². The Morgan fingerprint density at radius 1 is 1.50 bits per heavy atom. The second-order valence-electron chi connectivity index (χ2n) is 2.11. The van der Waals surface area contributed by atoms with Crippen LogP contribution in [0.2, 0.25) is 0 Å². The van der Waals surface area contributed by atoms with Crippen LogP contribution in [-0.2, 0) is 0 Å². The number of nitrogens with zero attached hydrogens (tertiary/aromatic N) is 3. The van der Waals surface area contributed by atoms with E-state index in [1.165, 1.54) is 11.0 Å². The number of rotatable bonds is 0. The summed E-state index contributed by atoms with van der Waals surface area (Å²) in [7, 11) is 0. The van der Waals surface area contributed by atoms with Crippen molar-refractivity contribution in [1.82, 2.24) is 14.3 Å². The topological polar surface area (TPSA) is 74.3 Å². The van der Waals surface area contributed by atoms with E-state index in [0.29, 0.717) is 5.69 Å². The Morgan fingerprint density at radius 2 is 2.30 bits per heavy atom. The fourth-order valence-corrected chi connectivity index (χ4v) is 0.916. The highest BCUT2D eigenvalue weighted by Crippen LogP contribution is 2.07. The fraction of sp³-hybridized carbons (Fsp3) is 0. The van der Waals surface area contributed by atoms with Gasteiger partial charge in [0.15, 0.2) is 5.65 Å². The highest BCUT2D eigenvalue weighted by molar-refractivity contribution is 5.53. The summed E-state index contributed by atoms with van der Waals surface area (Å²) < 4.78 is 3.03. The number of hydrogen-bond acceptors (Lipinski definition) is 3. The first-order chi connectivity index (χ1) is 4.77. The van der Waals surface area contributed by atoms with Crippen molar-refractivity contribution >= 4 is 11.3 Å². The maximum Gasteiger partial charge on any atom is 0.156 e. The average molecular weight is 137 g/mol.